The van der Waals surface area contributed by atoms with Gasteiger partial charge < -0.3 is 9.47 Å². The Bertz CT molecular complexity index is 404. The number of ether oxygens (including phenoxy) is 2. The van der Waals surface area contributed by atoms with Crippen molar-refractivity contribution in [3.8, 4) is 0 Å². The average molecular weight is 380 g/mol. The molecule has 0 amide bonds. The van der Waals surface area contributed by atoms with E-state index in [-0.39, 0.29) is 25.4 Å². The van der Waals surface area contributed by atoms with E-state index in [1.165, 1.54) is 13.8 Å². The van der Waals surface area contributed by atoms with E-state index in [0.717, 1.165) is 0 Å². The van der Waals surface area contributed by atoms with E-state index in [9.17, 15) is 31.5 Å². The second-order valence-electron chi connectivity index (χ2n) is 5.99. The molecule has 0 bridgehead atoms. The van der Waals surface area contributed by atoms with Crippen LogP contribution in [-0.4, -0.2) is 36.2 Å². The van der Waals surface area contributed by atoms with E-state index in [1.807, 2.05) is 27.7 Å². The van der Waals surface area contributed by atoms with E-state index < -0.39 is 30.1 Å². The van der Waals surface area contributed by atoms with Gasteiger partial charge in [0.05, 0.1) is 17.9 Å². The Morgan fingerprint density at radius 3 is 1.24 bits per heavy atom. The lowest BCUT2D eigenvalue weighted by atomic mass is 10.2. The number of esters is 2. The van der Waals surface area contributed by atoms with Crippen LogP contribution in [0, 0.1) is 11.8 Å². The van der Waals surface area contributed by atoms with Gasteiger partial charge in [0.2, 0.25) is 0 Å². The molecule has 0 rings (SSSR count). The molecule has 0 saturated heterocycles. The molecule has 152 valence electrons. The van der Waals surface area contributed by atoms with Gasteiger partial charge in [0.15, 0.2) is 6.10 Å². The molecule has 0 aromatic rings. The van der Waals surface area contributed by atoms with E-state index in [4.69, 9.17) is 4.74 Å². The fourth-order valence-electron chi connectivity index (χ4n) is 0.983. The van der Waals surface area contributed by atoms with E-state index in [2.05, 4.69) is 4.74 Å². The Morgan fingerprint density at radius 1 is 0.720 bits per heavy atom. The third-order valence-corrected chi connectivity index (χ3v) is 2.48. The molecule has 0 radical (unpaired) electrons. The SMILES string of the molecule is C.CC(C)C(=O)O[C@H](C)C(F)(F)C(F)(F)F.CC(C)OC(=O)C(C)C. The minimum atomic E-state index is -5.72. The number of hydrogen-bond acceptors (Lipinski definition) is 4. The van der Waals surface area contributed by atoms with Crippen molar-refractivity contribution in [1.29, 1.82) is 0 Å². The topological polar surface area (TPSA) is 52.6 Å². The summed E-state index contributed by atoms with van der Waals surface area (Å²) in [5, 5.41) is 0. The molecule has 0 unspecified atom stereocenters. The van der Waals surface area contributed by atoms with Crippen LogP contribution in [0.2, 0.25) is 0 Å². The molecule has 0 aliphatic carbocycles. The van der Waals surface area contributed by atoms with Crippen molar-refractivity contribution >= 4 is 11.9 Å². The smallest absolute Gasteiger partial charge is 0.457 e. The molecule has 0 aromatic heterocycles. The van der Waals surface area contributed by atoms with Crippen LogP contribution < -0.4 is 0 Å². The van der Waals surface area contributed by atoms with E-state index in [1.54, 1.807) is 0 Å². The van der Waals surface area contributed by atoms with Crippen molar-refractivity contribution in [3.05, 3.63) is 0 Å². The monoisotopic (exact) mass is 380 g/mol. The van der Waals surface area contributed by atoms with Crippen molar-refractivity contribution in [2.45, 2.75) is 80.2 Å². The summed E-state index contributed by atoms with van der Waals surface area (Å²) in [7, 11) is 0. The molecule has 1 atom stereocenters. The zero-order valence-electron chi connectivity index (χ0n) is 14.8. The maximum atomic E-state index is 12.5. The Labute approximate surface area is 146 Å². The lowest BCUT2D eigenvalue weighted by molar-refractivity contribution is -0.312. The van der Waals surface area contributed by atoms with Gasteiger partial charge >= 0.3 is 24.0 Å². The Balaban J connectivity index is -0.000000418. The zero-order valence-corrected chi connectivity index (χ0v) is 14.8. The average Bonchev–Trinajstić information content (AvgIpc) is 2.36. The van der Waals surface area contributed by atoms with Crippen molar-refractivity contribution in [3.63, 3.8) is 0 Å². The molecule has 9 heteroatoms. The minimum Gasteiger partial charge on any atom is -0.463 e. The van der Waals surface area contributed by atoms with Crippen LogP contribution in [0.25, 0.3) is 0 Å². The first-order valence-electron chi connectivity index (χ1n) is 7.39. The molecular formula is C16H29F5O4. The molecule has 0 fully saturated rings. The third-order valence-electron chi connectivity index (χ3n) is 2.48. The fourth-order valence-corrected chi connectivity index (χ4v) is 0.983. The van der Waals surface area contributed by atoms with Gasteiger partial charge in [-0.25, -0.2) is 0 Å². The Kier molecular flexibility index (Phi) is 12.8. The number of carbonyl (C=O) groups is 2. The highest BCUT2D eigenvalue weighted by Gasteiger charge is 2.62. The molecular weight excluding hydrogens is 351 g/mol. The summed E-state index contributed by atoms with van der Waals surface area (Å²) >= 11 is 0. The van der Waals surface area contributed by atoms with Crippen molar-refractivity contribution in [2.24, 2.45) is 11.8 Å². The largest absolute Gasteiger partial charge is 0.463 e. The quantitative estimate of drug-likeness (QED) is 0.497. The number of carbonyl (C=O) groups excluding carboxylic acids is 2. The second kappa shape index (κ2) is 11.3. The summed E-state index contributed by atoms with van der Waals surface area (Å²) < 4.78 is 69.3. The van der Waals surface area contributed by atoms with E-state index in [0.29, 0.717) is 6.92 Å². The van der Waals surface area contributed by atoms with Crippen LogP contribution in [0.5, 0.6) is 0 Å². The highest BCUT2D eigenvalue weighted by atomic mass is 19.4. The Morgan fingerprint density at radius 2 is 1.04 bits per heavy atom. The number of alkyl halides is 5. The van der Waals surface area contributed by atoms with Gasteiger partial charge in [0.1, 0.15) is 0 Å². The molecule has 25 heavy (non-hydrogen) atoms. The maximum absolute atomic E-state index is 12.5. The van der Waals surface area contributed by atoms with Crippen molar-refractivity contribution in [2.75, 3.05) is 0 Å². The Hall–Kier alpha value is -1.41. The van der Waals surface area contributed by atoms with Gasteiger partial charge in [-0.3, -0.25) is 9.59 Å². The molecule has 0 aliphatic rings. The van der Waals surface area contributed by atoms with Gasteiger partial charge in [-0.15, -0.1) is 0 Å². The van der Waals surface area contributed by atoms with Crippen LogP contribution in [0.1, 0.15) is 55.9 Å². The molecule has 0 N–H and O–H groups in total. The lowest BCUT2D eigenvalue weighted by Gasteiger charge is -2.26. The molecule has 0 aliphatic heterocycles. The van der Waals surface area contributed by atoms with Gasteiger partial charge in [-0.05, 0) is 20.8 Å². The van der Waals surface area contributed by atoms with E-state index >= 15 is 0 Å². The molecule has 4 nitrogen and oxygen atoms in total. The first-order valence-corrected chi connectivity index (χ1v) is 7.39. The number of hydrogen-bond donors (Lipinski definition) is 0. The third kappa shape index (κ3) is 10.9. The predicted octanol–water partition coefficient (Wildman–Crippen LogP) is 5.00. The van der Waals surface area contributed by atoms with Crippen LogP contribution in [0.3, 0.4) is 0 Å². The van der Waals surface area contributed by atoms with Crippen molar-refractivity contribution < 1.29 is 41.0 Å². The number of halogens is 5. The molecule has 0 spiro atoms. The summed E-state index contributed by atoms with van der Waals surface area (Å²) in [6.07, 6.45) is -8.23. The minimum absolute atomic E-state index is 0. The van der Waals surface area contributed by atoms with Gasteiger partial charge in [0, 0.05) is 0 Å². The van der Waals surface area contributed by atoms with Crippen LogP contribution in [-0.2, 0) is 19.1 Å². The highest BCUT2D eigenvalue weighted by Crippen LogP contribution is 2.39. The summed E-state index contributed by atoms with van der Waals surface area (Å²) in [6, 6.07) is 0. The first kappa shape index (κ1) is 28.4. The van der Waals surface area contributed by atoms with Crippen LogP contribution in [0.15, 0.2) is 0 Å². The van der Waals surface area contributed by atoms with Crippen LogP contribution >= 0.6 is 0 Å². The van der Waals surface area contributed by atoms with Crippen LogP contribution in [0.4, 0.5) is 22.0 Å². The summed E-state index contributed by atoms with van der Waals surface area (Å²) in [5.41, 5.74) is 0. The van der Waals surface area contributed by atoms with Gasteiger partial charge in [0.25, 0.3) is 0 Å². The van der Waals surface area contributed by atoms with Crippen molar-refractivity contribution in [1.82, 2.24) is 0 Å². The summed E-state index contributed by atoms with van der Waals surface area (Å²) in [4.78, 5) is 21.5. The molecule has 0 saturated carbocycles. The van der Waals surface area contributed by atoms with Gasteiger partial charge in [-0.2, -0.15) is 22.0 Å². The molecule has 0 aromatic carbocycles. The predicted molar refractivity (Wildman–Crippen MR) is 84.2 cm³/mol. The second-order valence-corrected chi connectivity index (χ2v) is 5.99. The lowest BCUT2D eigenvalue weighted by Crippen LogP contribution is -2.47. The normalized spacial score (nSPS) is 12.9. The fraction of sp³-hybridized carbons (Fsp3) is 0.875. The first-order chi connectivity index (χ1) is 10.5. The van der Waals surface area contributed by atoms with Gasteiger partial charge in [-0.1, -0.05) is 35.1 Å². The highest BCUT2D eigenvalue weighted by molar-refractivity contribution is 5.72. The zero-order chi connectivity index (χ0) is 19.9. The number of rotatable bonds is 5. The molecule has 0 heterocycles. The summed E-state index contributed by atoms with van der Waals surface area (Å²) in [6.45, 7) is 10.5. The summed E-state index contributed by atoms with van der Waals surface area (Å²) in [5.74, 6) is -7.00. The standard InChI is InChI=1S/C8H11F5O2.C7H14O2.CH4/c1-4(2)6(14)15-5(3)7(9,10)8(11,12)13;1-5(2)7(8)9-6(3)4;/h4-5H,1-3H3;5-6H,1-4H3;1H4/t5-;;/m1../s1. The maximum Gasteiger partial charge on any atom is 0.457 e.